The van der Waals surface area contributed by atoms with Crippen molar-refractivity contribution in [3.8, 4) is 34.8 Å². The van der Waals surface area contributed by atoms with Gasteiger partial charge in [0.05, 0.1) is 6.10 Å². The number of rotatable bonds is 1. The summed E-state index contributed by atoms with van der Waals surface area (Å²) in [7, 11) is 0. The highest BCUT2D eigenvalue weighted by Gasteiger charge is 2.21. The van der Waals surface area contributed by atoms with Gasteiger partial charge in [-0.25, -0.2) is 0 Å². The standard InChI is InChI=1S/C15H16O3.C8H8O2.C3H8/c1-11-13(7-8-16-11)4-2-3-12-5-6-14-15(9-12)18-10-17-14;1-6-2-3-7-8(4-6)10-5-9-7;1-3-2/h5-6,9,11,13H,3,7-8,10H2,1H3;2-4H,5H2,1H3;3H2,1-2H3. The Morgan fingerprint density at radius 3 is 2.13 bits per heavy atom. The molecule has 0 saturated carbocycles. The predicted octanol–water partition coefficient (Wildman–Crippen LogP) is 5.53. The normalized spacial score (nSPS) is 19.4. The molecule has 166 valence electrons. The molecule has 0 radical (unpaired) electrons. The Kier molecular flexibility index (Phi) is 8.49. The molecule has 3 aliphatic rings. The molecular formula is C26H32O5. The quantitative estimate of drug-likeness (QED) is 0.564. The van der Waals surface area contributed by atoms with Gasteiger partial charge in [-0.15, -0.1) is 0 Å². The second-order valence-electron chi connectivity index (χ2n) is 7.72. The van der Waals surface area contributed by atoms with Crippen molar-refractivity contribution in [3.05, 3.63) is 47.5 Å². The van der Waals surface area contributed by atoms with Gasteiger partial charge in [0.1, 0.15) is 0 Å². The van der Waals surface area contributed by atoms with E-state index in [-0.39, 0.29) is 6.10 Å². The summed E-state index contributed by atoms with van der Waals surface area (Å²) in [6.45, 7) is 9.89. The molecule has 0 bridgehead atoms. The second-order valence-corrected chi connectivity index (χ2v) is 7.72. The molecule has 2 atom stereocenters. The van der Waals surface area contributed by atoms with E-state index in [1.807, 2.05) is 43.3 Å². The molecule has 0 N–H and O–H groups in total. The lowest BCUT2D eigenvalue weighted by Crippen LogP contribution is -2.08. The number of fused-ring (bicyclic) bond motifs is 2. The molecule has 0 aliphatic carbocycles. The summed E-state index contributed by atoms with van der Waals surface area (Å²) in [5.41, 5.74) is 2.36. The van der Waals surface area contributed by atoms with Gasteiger partial charge in [-0.3, -0.25) is 0 Å². The van der Waals surface area contributed by atoms with Crippen LogP contribution in [0.1, 0.15) is 44.7 Å². The smallest absolute Gasteiger partial charge is 0.231 e. The van der Waals surface area contributed by atoms with E-state index in [2.05, 4.69) is 32.6 Å². The zero-order chi connectivity index (χ0) is 22.1. The van der Waals surface area contributed by atoms with Crippen LogP contribution < -0.4 is 18.9 Å². The van der Waals surface area contributed by atoms with E-state index >= 15 is 0 Å². The van der Waals surface area contributed by atoms with E-state index in [4.69, 9.17) is 23.7 Å². The minimum atomic E-state index is 0.272. The van der Waals surface area contributed by atoms with Crippen LogP contribution in [0.3, 0.4) is 0 Å². The second kappa shape index (κ2) is 11.5. The van der Waals surface area contributed by atoms with Crippen molar-refractivity contribution in [3.63, 3.8) is 0 Å². The maximum absolute atomic E-state index is 5.49. The number of hydrogen-bond acceptors (Lipinski definition) is 5. The van der Waals surface area contributed by atoms with Gasteiger partial charge in [-0.05, 0) is 55.7 Å². The molecule has 2 aromatic carbocycles. The molecule has 2 unspecified atom stereocenters. The van der Waals surface area contributed by atoms with Crippen molar-refractivity contribution in [2.24, 2.45) is 5.92 Å². The fourth-order valence-corrected chi connectivity index (χ4v) is 3.26. The molecule has 3 heterocycles. The molecule has 1 saturated heterocycles. The summed E-state index contributed by atoms with van der Waals surface area (Å²) < 4.78 is 26.4. The highest BCUT2D eigenvalue weighted by molar-refractivity contribution is 5.45. The van der Waals surface area contributed by atoms with Crippen LogP contribution in [-0.2, 0) is 11.2 Å². The Hall–Kier alpha value is -2.84. The Morgan fingerprint density at radius 2 is 1.48 bits per heavy atom. The molecule has 5 nitrogen and oxygen atoms in total. The zero-order valence-electron chi connectivity index (χ0n) is 18.9. The van der Waals surface area contributed by atoms with Crippen molar-refractivity contribution in [2.75, 3.05) is 20.2 Å². The minimum Gasteiger partial charge on any atom is -0.454 e. The first-order valence-electron chi connectivity index (χ1n) is 11.0. The topological polar surface area (TPSA) is 46.2 Å². The Labute approximate surface area is 185 Å². The van der Waals surface area contributed by atoms with Crippen LogP contribution in [-0.4, -0.2) is 26.3 Å². The summed E-state index contributed by atoms with van der Waals surface area (Å²) in [6.07, 6.45) is 3.32. The molecule has 1 fully saturated rings. The molecule has 0 amide bonds. The average Bonchev–Trinajstić information content (AvgIpc) is 3.50. The first-order chi connectivity index (χ1) is 15.1. The van der Waals surface area contributed by atoms with E-state index < -0.39 is 0 Å². The third kappa shape index (κ3) is 6.57. The van der Waals surface area contributed by atoms with Gasteiger partial charge in [0.2, 0.25) is 13.6 Å². The largest absolute Gasteiger partial charge is 0.454 e. The molecule has 3 aliphatic heterocycles. The highest BCUT2D eigenvalue weighted by atomic mass is 16.7. The SMILES string of the molecule is CC1OCCC1C#CCc1ccc2c(c1)OCO2.CCC.Cc1ccc2c(c1)OCO2. The Bertz CT molecular complexity index is 912. The number of ether oxygens (including phenoxy) is 5. The highest BCUT2D eigenvalue weighted by Crippen LogP contribution is 2.33. The summed E-state index contributed by atoms with van der Waals surface area (Å²) in [6, 6.07) is 11.9. The van der Waals surface area contributed by atoms with Gasteiger partial charge in [0.25, 0.3) is 0 Å². The van der Waals surface area contributed by atoms with Crippen LogP contribution in [0.5, 0.6) is 23.0 Å². The third-order valence-electron chi connectivity index (χ3n) is 4.92. The van der Waals surface area contributed by atoms with Crippen molar-refractivity contribution in [1.82, 2.24) is 0 Å². The first-order valence-corrected chi connectivity index (χ1v) is 11.0. The maximum Gasteiger partial charge on any atom is 0.231 e. The molecule has 0 spiro atoms. The van der Waals surface area contributed by atoms with Crippen LogP contribution in [0.15, 0.2) is 36.4 Å². The molecule has 2 aromatic rings. The van der Waals surface area contributed by atoms with E-state index in [0.717, 1.165) is 42.4 Å². The Balaban J connectivity index is 0.000000176. The van der Waals surface area contributed by atoms with Gasteiger partial charge < -0.3 is 23.7 Å². The number of aryl methyl sites for hydroxylation is 1. The third-order valence-corrected chi connectivity index (χ3v) is 4.92. The average molecular weight is 425 g/mol. The van der Waals surface area contributed by atoms with Crippen LogP contribution >= 0.6 is 0 Å². The Morgan fingerprint density at radius 1 is 0.871 bits per heavy atom. The van der Waals surface area contributed by atoms with E-state index in [9.17, 15) is 0 Å². The summed E-state index contributed by atoms with van der Waals surface area (Å²) in [4.78, 5) is 0. The monoisotopic (exact) mass is 424 g/mol. The van der Waals surface area contributed by atoms with E-state index in [1.165, 1.54) is 17.5 Å². The maximum atomic E-state index is 5.49. The van der Waals surface area contributed by atoms with Crippen molar-refractivity contribution >= 4 is 0 Å². The van der Waals surface area contributed by atoms with Crippen LogP contribution in [0.2, 0.25) is 0 Å². The van der Waals surface area contributed by atoms with Crippen LogP contribution in [0.25, 0.3) is 0 Å². The van der Waals surface area contributed by atoms with Crippen LogP contribution in [0, 0.1) is 24.7 Å². The number of hydrogen-bond donors (Lipinski definition) is 0. The predicted molar refractivity (Wildman–Crippen MR) is 121 cm³/mol. The fourth-order valence-electron chi connectivity index (χ4n) is 3.26. The van der Waals surface area contributed by atoms with Gasteiger partial charge in [-0.2, -0.15) is 0 Å². The zero-order valence-corrected chi connectivity index (χ0v) is 18.9. The van der Waals surface area contributed by atoms with Crippen molar-refractivity contribution in [1.29, 1.82) is 0 Å². The van der Waals surface area contributed by atoms with E-state index in [0.29, 0.717) is 19.5 Å². The fraction of sp³-hybridized carbons (Fsp3) is 0.462. The van der Waals surface area contributed by atoms with Crippen molar-refractivity contribution < 1.29 is 23.7 Å². The van der Waals surface area contributed by atoms with Crippen molar-refractivity contribution in [2.45, 2.75) is 53.1 Å². The summed E-state index contributed by atoms with van der Waals surface area (Å²) in [5.74, 6) is 10.3. The lowest BCUT2D eigenvalue weighted by molar-refractivity contribution is 0.115. The van der Waals surface area contributed by atoms with Gasteiger partial charge in [-0.1, -0.05) is 44.2 Å². The lowest BCUT2D eigenvalue weighted by atomic mass is 10.0. The molecular weight excluding hydrogens is 392 g/mol. The first kappa shape index (κ1) is 22.8. The minimum absolute atomic E-state index is 0.272. The molecule has 0 aromatic heterocycles. The molecule has 5 heteroatoms. The lowest BCUT2D eigenvalue weighted by Gasteiger charge is -2.05. The van der Waals surface area contributed by atoms with E-state index in [1.54, 1.807) is 0 Å². The summed E-state index contributed by atoms with van der Waals surface area (Å²) in [5, 5.41) is 0. The molecule has 31 heavy (non-hydrogen) atoms. The number of benzene rings is 2. The van der Waals surface area contributed by atoms with Gasteiger partial charge >= 0.3 is 0 Å². The van der Waals surface area contributed by atoms with Gasteiger partial charge in [0.15, 0.2) is 23.0 Å². The van der Waals surface area contributed by atoms with Crippen LogP contribution in [0.4, 0.5) is 0 Å². The summed E-state index contributed by atoms with van der Waals surface area (Å²) >= 11 is 0. The van der Waals surface area contributed by atoms with Gasteiger partial charge in [0, 0.05) is 18.9 Å². The molecule has 5 rings (SSSR count).